The van der Waals surface area contributed by atoms with Gasteiger partial charge in [0.2, 0.25) is 10.0 Å². The summed E-state index contributed by atoms with van der Waals surface area (Å²) in [5.74, 6) is -2.04. The molecular weight excluding hydrogens is 532 g/mol. The molecule has 1 aliphatic heterocycles. The van der Waals surface area contributed by atoms with Crippen LogP contribution < -0.4 is 16.6 Å². The molecule has 204 valence electrons. The Morgan fingerprint density at radius 1 is 1.21 bits per heavy atom. The molecule has 13 heteroatoms. The number of aromatic nitrogens is 1. The zero-order valence-corrected chi connectivity index (χ0v) is 22.4. The molecule has 0 radical (unpaired) electrons. The SMILES string of the molecule is Cc1c(C2CCCN(C(=N)N)C2)ccc(C(=O)OC(Cc2c[nH]c3ccccc23)C(N)=O)c1S(N)(=O)=O.Cl. The fourth-order valence-electron chi connectivity index (χ4n) is 5.02. The summed E-state index contributed by atoms with van der Waals surface area (Å²) in [6, 6.07) is 10.4. The van der Waals surface area contributed by atoms with Crippen LogP contribution in [-0.4, -0.2) is 55.3 Å². The van der Waals surface area contributed by atoms with Crippen LogP contribution in [0.4, 0.5) is 0 Å². The summed E-state index contributed by atoms with van der Waals surface area (Å²) in [5.41, 5.74) is 13.5. The van der Waals surface area contributed by atoms with Crippen molar-refractivity contribution >= 4 is 51.2 Å². The molecule has 3 aromatic rings. The Morgan fingerprint density at radius 2 is 1.92 bits per heavy atom. The lowest BCUT2D eigenvalue weighted by Crippen LogP contribution is -2.42. The van der Waals surface area contributed by atoms with Crippen LogP contribution in [0.5, 0.6) is 0 Å². The number of esters is 1. The van der Waals surface area contributed by atoms with E-state index in [2.05, 4.69) is 4.98 Å². The Morgan fingerprint density at radius 3 is 2.58 bits per heavy atom. The number of rotatable bonds is 7. The highest BCUT2D eigenvalue weighted by Gasteiger charge is 2.31. The average molecular weight is 563 g/mol. The van der Waals surface area contributed by atoms with E-state index in [0.717, 1.165) is 29.3 Å². The molecule has 0 saturated carbocycles. The number of H-pyrrole nitrogens is 1. The van der Waals surface area contributed by atoms with Gasteiger partial charge in [-0.15, -0.1) is 12.4 Å². The number of primary amides is 1. The van der Waals surface area contributed by atoms with Gasteiger partial charge in [0.1, 0.15) is 0 Å². The molecule has 1 saturated heterocycles. The Kier molecular flexibility index (Phi) is 8.70. The van der Waals surface area contributed by atoms with Crippen LogP contribution >= 0.6 is 12.4 Å². The van der Waals surface area contributed by atoms with E-state index >= 15 is 0 Å². The van der Waals surface area contributed by atoms with E-state index in [1.807, 2.05) is 24.3 Å². The van der Waals surface area contributed by atoms with E-state index in [1.165, 1.54) is 6.07 Å². The van der Waals surface area contributed by atoms with E-state index in [-0.39, 0.29) is 41.2 Å². The lowest BCUT2D eigenvalue weighted by molar-refractivity contribution is -0.126. The van der Waals surface area contributed by atoms with Crippen molar-refractivity contribution in [1.82, 2.24) is 9.88 Å². The van der Waals surface area contributed by atoms with Crippen molar-refractivity contribution in [3.05, 3.63) is 64.8 Å². The molecule has 2 heterocycles. The van der Waals surface area contributed by atoms with Crippen LogP contribution in [0.2, 0.25) is 0 Å². The number of fused-ring (bicyclic) bond motifs is 1. The zero-order chi connectivity index (χ0) is 26.9. The number of hydrogen-bond acceptors (Lipinski definition) is 6. The van der Waals surface area contributed by atoms with E-state index in [9.17, 15) is 18.0 Å². The van der Waals surface area contributed by atoms with Crippen molar-refractivity contribution in [3.63, 3.8) is 0 Å². The van der Waals surface area contributed by atoms with Gasteiger partial charge in [-0.3, -0.25) is 10.2 Å². The van der Waals surface area contributed by atoms with Gasteiger partial charge in [-0.2, -0.15) is 0 Å². The number of sulfonamides is 1. The first kappa shape index (κ1) is 29.0. The second-order valence-electron chi connectivity index (χ2n) is 9.23. The number of guanidine groups is 1. The van der Waals surface area contributed by atoms with Gasteiger partial charge in [0, 0.05) is 42.5 Å². The maximum atomic E-state index is 13.2. The van der Waals surface area contributed by atoms with Crippen LogP contribution in [-0.2, 0) is 26.0 Å². The van der Waals surface area contributed by atoms with Crippen LogP contribution in [0.1, 0.15) is 45.8 Å². The monoisotopic (exact) mass is 562 g/mol. The Bertz CT molecular complexity index is 1490. The van der Waals surface area contributed by atoms with E-state index in [1.54, 1.807) is 24.1 Å². The minimum Gasteiger partial charge on any atom is -0.448 e. The maximum absolute atomic E-state index is 13.2. The molecular formula is C25H31ClN6O5S. The molecule has 2 unspecified atom stereocenters. The molecule has 0 spiro atoms. The first-order chi connectivity index (χ1) is 17.5. The van der Waals surface area contributed by atoms with E-state index < -0.39 is 28.0 Å². The van der Waals surface area contributed by atoms with Crippen molar-refractivity contribution in [2.75, 3.05) is 13.1 Å². The second kappa shape index (κ2) is 11.4. The summed E-state index contributed by atoms with van der Waals surface area (Å²) in [6.07, 6.45) is 1.91. The van der Waals surface area contributed by atoms with Crippen LogP contribution in [0.25, 0.3) is 10.9 Å². The molecule has 8 N–H and O–H groups in total. The summed E-state index contributed by atoms with van der Waals surface area (Å²) in [5, 5.41) is 14.1. The van der Waals surface area contributed by atoms with Gasteiger partial charge < -0.3 is 26.1 Å². The Hall–Kier alpha value is -3.61. The third-order valence-electron chi connectivity index (χ3n) is 6.80. The van der Waals surface area contributed by atoms with Crippen molar-refractivity contribution in [1.29, 1.82) is 5.41 Å². The quantitative estimate of drug-likeness (QED) is 0.164. The van der Waals surface area contributed by atoms with Gasteiger partial charge in [0.25, 0.3) is 5.91 Å². The molecule has 38 heavy (non-hydrogen) atoms. The highest BCUT2D eigenvalue weighted by atomic mass is 35.5. The van der Waals surface area contributed by atoms with E-state index in [4.69, 9.17) is 26.8 Å². The predicted molar refractivity (Wildman–Crippen MR) is 146 cm³/mol. The number of piperidine rings is 1. The van der Waals surface area contributed by atoms with Gasteiger partial charge in [-0.1, -0.05) is 24.3 Å². The minimum absolute atomic E-state index is 0. The average Bonchev–Trinajstić information content (AvgIpc) is 3.25. The van der Waals surface area contributed by atoms with Crippen molar-refractivity contribution < 1.29 is 22.7 Å². The second-order valence-corrected chi connectivity index (χ2v) is 10.7. The largest absolute Gasteiger partial charge is 0.448 e. The number of primary sulfonamides is 1. The number of carbonyl (C=O) groups excluding carboxylic acids is 2. The molecule has 1 aliphatic rings. The number of hydrogen-bond donors (Lipinski definition) is 5. The van der Waals surface area contributed by atoms with Gasteiger partial charge >= 0.3 is 5.97 Å². The predicted octanol–water partition coefficient (Wildman–Crippen LogP) is 1.87. The molecule has 2 aromatic carbocycles. The van der Waals surface area contributed by atoms with Gasteiger partial charge in [-0.05, 0) is 48.6 Å². The number of nitrogens with one attached hydrogen (secondary N) is 2. The summed E-state index contributed by atoms with van der Waals surface area (Å²) in [6.45, 7) is 2.66. The molecule has 0 aliphatic carbocycles. The number of halogens is 1. The number of para-hydroxylation sites is 1. The number of amides is 1. The number of nitrogens with two attached hydrogens (primary N) is 3. The van der Waals surface area contributed by atoms with Crippen LogP contribution in [0, 0.1) is 12.3 Å². The van der Waals surface area contributed by atoms with Crippen molar-refractivity contribution in [2.24, 2.45) is 16.6 Å². The van der Waals surface area contributed by atoms with E-state index in [0.29, 0.717) is 24.2 Å². The molecule has 4 rings (SSSR count). The smallest absolute Gasteiger partial charge is 0.340 e. The van der Waals surface area contributed by atoms with Crippen LogP contribution in [0.15, 0.2) is 47.5 Å². The summed E-state index contributed by atoms with van der Waals surface area (Å²) in [4.78, 5) is 29.8. The molecule has 2 atom stereocenters. The Labute approximate surface area is 226 Å². The lowest BCUT2D eigenvalue weighted by atomic mass is 9.87. The molecule has 1 fully saturated rings. The third kappa shape index (κ3) is 5.93. The standard InChI is InChI=1S/C25H30N6O5S.ClH/c1-14-17(15-5-4-10-31(13-15)25(27)28)8-9-19(22(14)37(29,34)35)24(33)36-21(23(26)32)11-16-12-30-20-7-3-2-6-18(16)20;/h2-3,6-9,12,15,21,30H,4-5,10-11,13H2,1H3,(H2,26,32)(H3,27,28)(H2,29,34,35);1H. The summed E-state index contributed by atoms with van der Waals surface area (Å²) < 4.78 is 30.7. The third-order valence-corrected chi connectivity index (χ3v) is 7.90. The number of likely N-dealkylation sites (tertiary alicyclic amines) is 1. The Balaban J connectivity index is 0.00000400. The topological polar surface area (TPSA) is 198 Å². The van der Waals surface area contributed by atoms with Crippen LogP contribution in [0.3, 0.4) is 0 Å². The normalized spacial score (nSPS) is 16.5. The number of aromatic amines is 1. The van der Waals surface area contributed by atoms with Gasteiger partial charge in [0.05, 0.1) is 10.5 Å². The van der Waals surface area contributed by atoms with Crippen molar-refractivity contribution in [2.45, 2.75) is 43.1 Å². The molecule has 1 amide bonds. The number of carbonyl (C=O) groups is 2. The summed E-state index contributed by atoms with van der Waals surface area (Å²) in [7, 11) is -4.34. The number of ether oxygens (including phenoxy) is 1. The first-order valence-corrected chi connectivity index (χ1v) is 13.3. The zero-order valence-electron chi connectivity index (χ0n) is 20.8. The van der Waals surface area contributed by atoms with Gasteiger partial charge in [-0.25, -0.2) is 18.4 Å². The number of nitrogens with zero attached hydrogens (tertiary/aromatic N) is 1. The molecule has 11 nitrogen and oxygen atoms in total. The van der Waals surface area contributed by atoms with Crippen molar-refractivity contribution in [3.8, 4) is 0 Å². The summed E-state index contributed by atoms with van der Waals surface area (Å²) >= 11 is 0. The highest BCUT2D eigenvalue weighted by molar-refractivity contribution is 7.89. The van der Waals surface area contributed by atoms with Gasteiger partial charge in [0.15, 0.2) is 12.1 Å². The number of benzene rings is 2. The lowest BCUT2D eigenvalue weighted by Gasteiger charge is -2.34. The highest BCUT2D eigenvalue weighted by Crippen LogP contribution is 2.33. The first-order valence-electron chi connectivity index (χ1n) is 11.8. The fraction of sp³-hybridized carbons (Fsp3) is 0.320. The molecule has 0 bridgehead atoms. The molecule has 1 aromatic heterocycles. The maximum Gasteiger partial charge on any atom is 0.340 e. The fourth-order valence-corrected chi connectivity index (χ4v) is 6.02. The minimum atomic E-state index is -4.34.